The minimum atomic E-state index is -1.12. The second-order valence-electron chi connectivity index (χ2n) is 6.21. The standard InChI is InChI=1S/C18H19FN4O3/c1-11(17(25)26)22-16(24)13-9-20-18(21-10-13)23-7-3-6-15(23)12-4-2-5-14(19)8-12/h2,4-5,8-11,15H,3,6-7H2,1H3,(H,22,24)(H,25,26). The van der Waals surface area contributed by atoms with Gasteiger partial charge in [-0.15, -0.1) is 0 Å². The summed E-state index contributed by atoms with van der Waals surface area (Å²) < 4.78 is 13.5. The van der Waals surface area contributed by atoms with Crippen LogP contribution in [0.25, 0.3) is 0 Å². The number of amides is 1. The van der Waals surface area contributed by atoms with Crippen LogP contribution < -0.4 is 10.2 Å². The van der Waals surface area contributed by atoms with Crippen LogP contribution in [0.5, 0.6) is 0 Å². The zero-order valence-electron chi connectivity index (χ0n) is 14.2. The van der Waals surface area contributed by atoms with Gasteiger partial charge in [0.25, 0.3) is 5.91 Å². The molecule has 1 aliphatic rings. The number of benzene rings is 1. The number of rotatable bonds is 5. The van der Waals surface area contributed by atoms with Gasteiger partial charge < -0.3 is 15.3 Å². The molecule has 0 radical (unpaired) electrons. The van der Waals surface area contributed by atoms with Crippen LogP contribution in [-0.2, 0) is 4.79 Å². The number of carboxylic acids is 1. The first kappa shape index (κ1) is 17.8. The number of carboxylic acid groups (broad SMARTS) is 1. The predicted molar refractivity (Wildman–Crippen MR) is 92.3 cm³/mol. The smallest absolute Gasteiger partial charge is 0.325 e. The molecule has 1 aromatic carbocycles. The number of hydrogen-bond donors (Lipinski definition) is 2. The third-order valence-corrected chi connectivity index (χ3v) is 4.36. The Balaban J connectivity index is 1.75. The molecule has 7 nitrogen and oxygen atoms in total. The van der Waals surface area contributed by atoms with Crippen LogP contribution >= 0.6 is 0 Å². The second kappa shape index (κ2) is 7.47. The van der Waals surface area contributed by atoms with E-state index in [1.165, 1.54) is 31.5 Å². The molecular weight excluding hydrogens is 339 g/mol. The fourth-order valence-electron chi connectivity index (χ4n) is 3.00. The van der Waals surface area contributed by atoms with E-state index < -0.39 is 17.9 Å². The first-order valence-corrected chi connectivity index (χ1v) is 8.33. The van der Waals surface area contributed by atoms with E-state index in [0.717, 1.165) is 24.9 Å². The molecule has 0 saturated carbocycles. The normalized spacial score (nSPS) is 17.8. The van der Waals surface area contributed by atoms with E-state index in [1.54, 1.807) is 6.07 Å². The maximum Gasteiger partial charge on any atom is 0.325 e. The van der Waals surface area contributed by atoms with Gasteiger partial charge in [-0.1, -0.05) is 12.1 Å². The summed E-state index contributed by atoms with van der Waals surface area (Å²) in [6.07, 6.45) is 4.54. The highest BCUT2D eigenvalue weighted by Gasteiger charge is 2.28. The van der Waals surface area contributed by atoms with E-state index in [0.29, 0.717) is 5.95 Å². The van der Waals surface area contributed by atoms with Crippen molar-refractivity contribution in [3.8, 4) is 0 Å². The Morgan fingerprint density at radius 2 is 2.08 bits per heavy atom. The molecule has 3 rings (SSSR count). The molecule has 1 saturated heterocycles. The van der Waals surface area contributed by atoms with Crippen LogP contribution in [0.1, 0.15) is 41.7 Å². The van der Waals surface area contributed by atoms with Crippen LogP contribution in [0, 0.1) is 5.82 Å². The highest BCUT2D eigenvalue weighted by Crippen LogP contribution is 2.34. The van der Waals surface area contributed by atoms with Crippen molar-refractivity contribution in [2.24, 2.45) is 0 Å². The highest BCUT2D eigenvalue weighted by molar-refractivity contribution is 5.96. The lowest BCUT2D eigenvalue weighted by Gasteiger charge is -2.25. The monoisotopic (exact) mass is 358 g/mol. The van der Waals surface area contributed by atoms with Crippen LogP contribution in [0.4, 0.5) is 10.3 Å². The van der Waals surface area contributed by atoms with E-state index in [4.69, 9.17) is 5.11 Å². The van der Waals surface area contributed by atoms with Gasteiger partial charge in [-0.3, -0.25) is 9.59 Å². The number of halogens is 1. The third kappa shape index (κ3) is 3.79. The Kier molecular flexibility index (Phi) is 5.11. The molecule has 2 N–H and O–H groups in total. The van der Waals surface area contributed by atoms with E-state index in [2.05, 4.69) is 15.3 Å². The number of nitrogens with zero attached hydrogens (tertiary/aromatic N) is 3. The summed E-state index contributed by atoms with van der Waals surface area (Å²) in [5, 5.41) is 11.2. The van der Waals surface area contributed by atoms with Crippen molar-refractivity contribution in [1.82, 2.24) is 15.3 Å². The Morgan fingerprint density at radius 1 is 1.35 bits per heavy atom. The molecule has 2 aromatic rings. The predicted octanol–water partition coefficient (Wildman–Crippen LogP) is 2.16. The molecule has 1 amide bonds. The van der Waals surface area contributed by atoms with Crippen molar-refractivity contribution in [3.05, 3.63) is 53.6 Å². The summed E-state index contributed by atoms with van der Waals surface area (Å²) in [5.41, 5.74) is 1.05. The van der Waals surface area contributed by atoms with Crippen LogP contribution in [0.2, 0.25) is 0 Å². The van der Waals surface area contributed by atoms with Gasteiger partial charge in [0, 0.05) is 18.9 Å². The number of nitrogens with one attached hydrogen (secondary N) is 1. The largest absolute Gasteiger partial charge is 0.480 e. The summed E-state index contributed by atoms with van der Waals surface area (Å²) >= 11 is 0. The lowest BCUT2D eigenvalue weighted by Crippen LogP contribution is -2.38. The fraction of sp³-hybridized carbons (Fsp3) is 0.333. The zero-order valence-corrected chi connectivity index (χ0v) is 14.2. The number of carbonyl (C=O) groups is 2. The van der Waals surface area contributed by atoms with Gasteiger partial charge in [-0.05, 0) is 37.5 Å². The molecule has 1 fully saturated rings. The van der Waals surface area contributed by atoms with Crippen LogP contribution in [-0.4, -0.2) is 39.5 Å². The Labute approximate surface area is 149 Å². The Hall–Kier alpha value is -3.03. The molecule has 2 unspecified atom stereocenters. The fourth-order valence-corrected chi connectivity index (χ4v) is 3.00. The van der Waals surface area contributed by atoms with Crippen molar-refractivity contribution >= 4 is 17.8 Å². The number of aliphatic carboxylic acids is 1. The molecule has 0 aliphatic carbocycles. The van der Waals surface area contributed by atoms with Crippen LogP contribution in [0.3, 0.4) is 0 Å². The summed E-state index contributed by atoms with van der Waals surface area (Å²) in [4.78, 5) is 33.3. The quantitative estimate of drug-likeness (QED) is 0.850. The van der Waals surface area contributed by atoms with E-state index >= 15 is 0 Å². The van der Waals surface area contributed by atoms with Crippen molar-refractivity contribution in [1.29, 1.82) is 0 Å². The highest BCUT2D eigenvalue weighted by atomic mass is 19.1. The Bertz CT molecular complexity index is 812. The van der Waals surface area contributed by atoms with E-state index in [1.807, 2.05) is 11.0 Å². The van der Waals surface area contributed by atoms with Gasteiger partial charge in [0.05, 0.1) is 11.6 Å². The molecule has 136 valence electrons. The zero-order chi connectivity index (χ0) is 18.7. The maximum atomic E-state index is 13.5. The molecule has 1 aromatic heterocycles. The maximum absolute atomic E-state index is 13.5. The number of carbonyl (C=O) groups excluding carboxylic acids is 1. The average Bonchev–Trinajstić information content (AvgIpc) is 3.11. The molecule has 26 heavy (non-hydrogen) atoms. The summed E-state index contributed by atoms with van der Waals surface area (Å²) in [7, 11) is 0. The van der Waals surface area contributed by atoms with Crippen molar-refractivity contribution < 1.29 is 19.1 Å². The molecule has 1 aliphatic heterocycles. The second-order valence-corrected chi connectivity index (χ2v) is 6.21. The van der Waals surface area contributed by atoms with Crippen molar-refractivity contribution in [2.45, 2.75) is 31.8 Å². The molecule has 0 spiro atoms. The van der Waals surface area contributed by atoms with Gasteiger partial charge in [0.1, 0.15) is 11.9 Å². The van der Waals surface area contributed by atoms with Gasteiger partial charge in [-0.2, -0.15) is 0 Å². The molecule has 8 heteroatoms. The van der Waals surface area contributed by atoms with E-state index in [-0.39, 0.29) is 17.4 Å². The molecule has 2 atom stereocenters. The molecule has 2 heterocycles. The first-order chi connectivity index (χ1) is 12.5. The lowest BCUT2D eigenvalue weighted by atomic mass is 10.0. The molecular formula is C18H19FN4O3. The van der Waals surface area contributed by atoms with Gasteiger partial charge >= 0.3 is 5.97 Å². The first-order valence-electron chi connectivity index (χ1n) is 8.33. The third-order valence-electron chi connectivity index (χ3n) is 4.36. The minimum Gasteiger partial charge on any atom is -0.480 e. The topological polar surface area (TPSA) is 95.4 Å². The number of hydrogen-bond acceptors (Lipinski definition) is 5. The SMILES string of the molecule is CC(NC(=O)c1cnc(N2CCCC2c2cccc(F)c2)nc1)C(=O)O. The van der Waals surface area contributed by atoms with Crippen LogP contribution in [0.15, 0.2) is 36.7 Å². The van der Waals surface area contributed by atoms with Gasteiger partial charge in [-0.25, -0.2) is 14.4 Å². The molecule has 0 bridgehead atoms. The number of aromatic nitrogens is 2. The summed E-state index contributed by atoms with van der Waals surface area (Å²) in [6, 6.07) is 5.46. The number of anilines is 1. The van der Waals surface area contributed by atoms with E-state index in [9.17, 15) is 14.0 Å². The lowest BCUT2D eigenvalue weighted by molar-refractivity contribution is -0.138. The Morgan fingerprint density at radius 3 is 2.73 bits per heavy atom. The van der Waals surface area contributed by atoms with Crippen molar-refractivity contribution in [3.63, 3.8) is 0 Å². The van der Waals surface area contributed by atoms with Gasteiger partial charge in [0.2, 0.25) is 5.95 Å². The summed E-state index contributed by atoms with van der Waals surface area (Å²) in [6.45, 7) is 2.12. The van der Waals surface area contributed by atoms with Crippen molar-refractivity contribution in [2.75, 3.05) is 11.4 Å². The minimum absolute atomic E-state index is 0.0163. The average molecular weight is 358 g/mol. The summed E-state index contributed by atoms with van der Waals surface area (Å²) in [5.74, 6) is -1.49. The van der Waals surface area contributed by atoms with Gasteiger partial charge in [0.15, 0.2) is 0 Å².